The number of carboxylic acids is 1. The standard InChI is InChI=1S/C24H20N2O5S2/c1-31-18-9-6-16(7-10-18)8-11-19-12-13-23(32-19)33(29,30)26-22(24(27)28)14-17-15-25-21-5-3-2-4-20(17)21/h2-7,9-10,12-13,15,22,25-26H,14H2,1H3,(H,27,28)/t22-/m1/s1. The average Bonchev–Trinajstić information content (AvgIpc) is 3.45. The number of aromatic nitrogens is 1. The van der Waals surface area contributed by atoms with Crippen LogP contribution in [0.3, 0.4) is 0 Å². The van der Waals surface area contributed by atoms with Gasteiger partial charge in [-0.1, -0.05) is 30.0 Å². The van der Waals surface area contributed by atoms with Crippen molar-refractivity contribution in [1.82, 2.24) is 9.71 Å². The number of aromatic amines is 1. The van der Waals surface area contributed by atoms with Gasteiger partial charge in [-0.15, -0.1) is 11.3 Å². The molecule has 2 aromatic carbocycles. The minimum Gasteiger partial charge on any atom is -0.497 e. The third-order valence-corrected chi connectivity index (χ3v) is 7.92. The number of thiophene rings is 1. The Hall–Kier alpha value is -3.58. The summed E-state index contributed by atoms with van der Waals surface area (Å²) < 4.78 is 33.2. The van der Waals surface area contributed by atoms with Gasteiger partial charge in [0, 0.05) is 29.1 Å². The van der Waals surface area contributed by atoms with E-state index in [0.29, 0.717) is 4.88 Å². The number of benzene rings is 2. The first-order valence-corrected chi connectivity index (χ1v) is 12.2. The van der Waals surface area contributed by atoms with Crippen molar-refractivity contribution < 1.29 is 23.1 Å². The second kappa shape index (κ2) is 9.50. The van der Waals surface area contributed by atoms with Gasteiger partial charge in [0.15, 0.2) is 0 Å². The van der Waals surface area contributed by atoms with Crippen LogP contribution in [0.2, 0.25) is 0 Å². The van der Waals surface area contributed by atoms with Crippen molar-refractivity contribution in [2.24, 2.45) is 0 Å². The number of hydrogen-bond acceptors (Lipinski definition) is 5. The van der Waals surface area contributed by atoms with Gasteiger partial charge in [0.2, 0.25) is 0 Å². The highest BCUT2D eigenvalue weighted by atomic mass is 32.2. The van der Waals surface area contributed by atoms with Gasteiger partial charge in [0.25, 0.3) is 10.0 Å². The van der Waals surface area contributed by atoms with Crippen molar-refractivity contribution in [3.63, 3.8) is 0 Å². The van der Waals surface area contributed by atoms with Crippen LogP contribution in [0, 0.1) is 11.8 Å². The van der Waals surface area contributed by atoms with Gasteiger partial charge in [0.05, 0.1) is 12.0 Å². The number of para-hydroxylation sites is 1. The van der Waals surface area contributed by atoms with E-state index < -0.39 is 22.0 Å². The number of fused-ring (bicyclic) bond motifs is 1. The number of carboxylic acid groups (broad SMARTS) is 1. The van der Waals surface area contributed by atoms with Crippen LogP contribution in [0.15, 0.2) is 71.1 Å². The van der Waals surface area contributed by atoms with Crippen LogP contribution in [-0.4, -0.2) is 37.6 Å². The number of ether oxygens (including phenoxy) is 1. The molecule has 33 heavy (non-hydrogen) atoms. The van der Waals surface area contributed by atoms with Gasteiger partial charge < -0.3 is 14.8 Å². The van der Waals surface area contributed by atoms with Gasteiger partial charge in [-0.25, -0.2) is 8.42 Å². The predicted molar refractivity (Wildman–Crippen MR) is 127 cm³/mol. The molecule has 7 nitrogen and oxygen atoms in total. The lowest BCUT2D eigenvalue weighted by Crippen LogP contribution is -2.41. The Bertz CT molecular complexity index is 1460. The van der Waals surface area contributed by atoms with Crippen molar-refractivity contribution in [3.05, 3.63) is 82.9 Å². The maximum absolute atomic E-state index is 12.9. The fraction of sp³-hybridized carbons (Fsp3) is 0.125. The molecule has 0 spiro atoms. The summed E-state index contributed by atoms with van der Waals surface area (Å²) in [6.45, 7) is 0. The fourth-order valence-corrected chi connectivity index (χ4v) is 5.65. The number of aliphatic carboxylic acids is 1. The third kappa shape index (κ3) is 5.26. The maximum atomic E-state index is 12.9. The van der Waals surface area contributed by atoms with E-state index in [-0.39, 0.29) is 10.6 Å². The molecule has 0 aliphatic heterocycles. The molecule has 9 heteroatoms. The number of nitrogens with one attached hydrogen (secondary N) is 2. The van der Waals surface area contributed by atoms with E-state index in [2.05, 4.69) is 21.5 Å². The van der Waals surface area contributed by atoms with E-state index in [1.165, 1.54) is 6.07 Å². The zero-order valence-corrected chi connectivity index (χ0v) is 19.2. The van der Waals surface area contributed by atoms with Crippen LogP contribution < -0.4 is 9.46 Å². The zero-order valence-electron chi connectivity index (χ0n) is 17.5. The van der Waals surface area contributed by atoms with Crippen LogP contribution in [0.25, 0.3) is 10.9 Å². The molecule has 0 saturated carbocycles. The van der Waals surface area contributed by atoms with Crippen molar-refractivity contribution in [2.45, 2.75) is 16.7 Å². The zero-order chi connectivity index (χ0) is 23.4. The summed E-state index contributed by atoms with van der Waals surface area (Å²) in [6, 6.07) is 16.4. The minimum absolute atomic E-state index is 0.00621. The van der Waals surface area contributed by atoms with Gasteiger partial charge in [-0.2, -0.15) is 4.72 Å². The summed E-state index contributed by atoms with van der Waals surface area (Å²) >= 11 is 0.983. The molecular weight excluding hydrogens is 460 g/mol. The first-order chi connectivity index (χ1) is 15.9. The highest BCUT2D eigenvalue weighted by Gasteiger charge is 2.27. The first-order valence-electron chi connectivity index (χ1n) is 9.92. The Kier molecular flexibility index (Phi) is 6.51. The maximum Gasteiger partial charge on any atom is 0.322 e. The fourth-order valence-electron chi connectivity index (χ4n) is 3.29. The van der Waals surface area contributed by atoms with E-state index in [0.717, 1.165) is 39.1 Å². The van der Waals surface area contributed by atoms with E-state index in [1.54, 1.807) is 43.6 Å². The summed E-state index contributed by atoms with van der Waals surface area (Å²) in [5.74, 6) is 5.38. The second-order valence-electron chi connectivity index (χ2n) is 7.17. The molecule has 3 N–H and O–H groups in total. The number of rotatable bonds is 7. The highest BCUT2D eigenvalue weighted by Crippen LogP contribution is 2.23. The molecule has 0 aliphatic carbocycles. The number of sulfonamides is 1. The predicted octanol–water partition coefficient (Wildman–Crippen LogP) is 3.61. The molecule has 2 aromatic heterocycles. The third-order valence-electron chi connectivity index (χ3n) is 4.96. The molecule has 0 radical (unpaired) electrons. The lowest BCUT2D eigenvalue weighted by atomic mass is 10.1. The molecule has 1 atom stereocenters. The Morgan fingerprint density at radius 2 is 1.88 bits per heavy atom. The number of H-pyrrole nitrogens is 1. The van der Waals surface area contributed by atoms with Gasteiger partial charge in [0.1, 0.15) is 16.0 Å². The van der Waals surface area contributed by atoms with E-state index in [1.807, 2.05) is 24.3 Å². The van der Waals surface area contributed by atoms with Crippen molar-refractivity contribution in [2.75, 3.05) is 7.11 Å². The lowest BCUT2D eigenvalue weighted by Gasteiger charge is -2.13. The average molecular weight is 481 g/mol. The summed E-state index contributed by atoms with van der Waals surface area (Å²) in [5.41, 5.74) is 2.34. The van der Waals surface area contributed by atoms with Crippen LogP contribution in [-0.2, 0) is 21.2 Å². The smallest absolute Gasteiger partial charge is 0.322 e. The quantitative estimate of drug-likeness (QED) is 0.350. The SMILES string of the molecule is COc1ccc(C#Cc2ccc(S(=O)(=O)N[C@H](Cc3c[nH]c4ccccc34)C(=O)O)s2)cc1. The van der Waals surface area contributed by atoms with E-state index in [9.17, 15) is 18.3 Å². The summed E-state index contributed by atoms with van der Waals surface area (Å²) in [7, 11) is -2.46. The van der Waals surface area contributed by atoms with Crippen LogP contribution >= 0.6 is 11.3 Å². The van der Waals surface area contributed by atoms with Crippen LogP contribution in [0.4, 0.5) is 0 Å². The molecule has 4 aromatic rings. The number of methoxy groups -OCH3 is 1. The van der Waals surface area contributed by atoms with E-state index >= 15 is 0 Å². The minimum atomic E-state index is -4.04. The Balaban J connectivity index is 1.51. The first kappa shape index (κ1) is 22.6. The molecule has 0 bridgehead atoms. The van der Waals surface area contributed by atoms with Crippen molar-refractivity contribution >= 4 is 38.2 Å². The summed E-state index contributed by atoms with van der Waals surface area (Å²) in [5, 5.41) is 10.5. The molecule has 0 unspecified atom stereocenters. The second-order valence-corrected chi connectivity index (χ2v) is 10.2. The molecule has 0 amide bonds. The Morgan fingerprint density at radius 1 is 1.12 bits per heavy atom. The molecule has 0 saturated heterocycles. The van der Waals surface area contributed by atoms with Gasteiger partial charge in [-0.05, 0) is 48.0 Å². The Labute approximate surface area is 195 Å². The Morgan fingerprint density at radius 3 is 2.61 bits per heavy atom. The van der Waals surface area contributed by atoms with Crippen molar-refractivity contribution in [3.8, 4) is 17.6 Å². The van der Waals surface area contributed by atoms with Crippen molar-refractivity contribution in [1.29, 1.82) is 0 Å². The highest BCUT2D eigenvalue weighted by molar-refractivity contribution is 7.91. The summed E-state index contributed by atoms with van der Waals surface area (Å²) in [6.07, 6.45) is 1.71. The molecule has 168 valence electrons. The normalized spacial score (nSPS) is 12.2. The number of hydrogen-bond donors (Lipinski definition) is 3. The van der Waals surface area contributed by atoms with Crippen LogP contribution in [0.1, 0.15) is 16.0 Å². The molecule has 0 aliphatic rings. The molecular formula is C24H20N2O5S2. The molecule has 0 fully saturated rings. The topological polar surface area (TPSA) is 108 Å². The van der Waals surface area contributed by atoms with E-state index in [4.69, 9.17) is 4.74 Å². The van der Waals surface area contributed by atoms with Gasteiger partial charge in [-0.3, -0.25) is 4.79 Å². The lowest BCUT2D eigenvalue weighted by molar-refractivity contribution is -0.138. The summed E-state index contributed by atoms with van der Waals surface area (Å²) in [4.78, 5) is 15.4. The largest absolute Gasteiger partial charge is 0.497 e. The van der Waals surface area contributed by atoms with Crippen LogP contribution in [0.5, 0.6) is 5.75 Å². The monoisotopic (exact) mass is 480 g/mol. The van der Waals surface area contributed by atoms with Gasteiger partial charge >= 0.3 is 5.97 Å². The molecule has 2 heterocycles. The molecule has 4 rings (SSSR count). The number of carbonyl (C=O) groups is 1.